The number of aliphatic hydroxyl groups is 1. The van der Waals surface area contributed by atoms with Crippen LogP contribution in [0.2, 0.25) is 0 Å². The van der Waals surface area contributed by atoms with Gasteiger partial charge in [-0.2, -0.15) is 0 Å². The molecule has 0 aliphatic heterocycles. The highest BCUT2D eigenvalue weighted by Crippen LogP contribution is 2.48. The van der Waals surface area contributed by atoms with Crippen LogP contribution in [0.1, 0.15) is 52.4 Å². The largest absolute Gasteiger partial charge is 0.393 e. The Labute approximate surface area is 105 Å². The Morgan fingerprint density at radius 2 is 2.00 bits per heavy atom. The first kappa shape index (κ1) is 11.8. The van der Waals surface area contributed by atoms with Crippen LogP contribution < -0.4 is 0 Å². The van der Waals surface area contributed by atoms with Crippen molar-refractivity contribution in [1.82, 2.24) is 0 Å². The van der Waals surface area contributed by atoms with Crippen LogP contribution in [0.3, 0.4) is 0 Å². The maximum Gasteiger partial charge on any atom is 0.0574 e. The van der Waals surface area contributed by atoms with Gasteiger partial charge < -0.3 is 5.11 Å². The summed E-state index contributed by atoms with van der Waals surface area (Å²) in [4.78, 5) is 0. The van der Waals surface area contributed by atoms with Gasteiger partial charge in [-0.25, -0.2) is 0 Å². The van der Waals surface area contributed by atoms with Crippen LogP contribution in [0.5, 0.6) is 0 Å². The number of allylic oxidation sites excluding steroid dienone is 2. The van der Waals surface area contributed by atoms with Crippen LogP contribution in [0.15, 0.2) is 11.6 Å². The fourth-order valence-electron chi connectivity index (χ4n) is 4.63. The predicted octanol–water partition coefficient (Wildman–Crippen LogP) is 3.78. The Balaban J connectivity index is 1.93. The van der Waals surface area contributed by atoms with Gasteiger partial charge in [-0.15, -0.1) is 0 Å². The first-order valence-electron chi connectivity index (χ1n) is 7.55. The zero-order chi connectivity index (χ0) is 12.0. The van der Waals surface area contributed by atoms with E-state index in [0.29, 0.717) is 11.8 Å². The van der Waals surface area contributed by atoms with Gasteiger partial charge >= 0.3 is 0 Å². The van der Waals surface area contributed by atoms with Crippen LogP contribution in [0.25, 0.3) is 0 Å². The van der Waals surface area contributed by atoms with Crippen LogP contribution in [-0.4, -0.2) is 11.2 Å². The molecule has 6 atom stereocenters. The Morgan fingerprint density at radius 1 is 1.18 bits per heavy atom. The zero-order valence-corrected chi connectivity index (χ0v) is 11.2. The van der Waals surface area contributed by atoms with Gasteiger partial charge in [0.15, 0.2) is 0 Å². The summed E-state index contributed by atoms with van der Waals surface area (Å²) in [5.41, 5.74) is 1.69. The average Bonchev–Trinajstić information content (AvgIpc) is 2.86. The summed E-state index contributed by atoms with van der Waals surface area (Å²) < 4.78 is 0. The molecule has 1 nitrogen and oxygen atoms in total. The SMILES string of the molecule is C[C@@H]1CC[C@@H]2[C@H]1/C=C1/CCC[C@H]1CC(O)[C@H]2C. The van der Waals surface area contributed by atoms with Crippen molar-refractivity contribution >= 4 is 0 Å². The van der Waals surface area contributed by atoms with Gasteiger partial charge in [0.25, 0.3) is 0 Å². The van der Waals surface area contributed by atoms with Gasteiger partial charge in [0, 0.05) is 0 Å². The molecule has 2 fully saturated rings. The minimum Gasteiger partial charge on any atom is -0.393 e. The van der Waals surface area contributed by atoms with Gasteiger partial charge in [0.1, 0.15) is 0 Å². The molecule has 1 N–H and O–H groups in total. The second-order valence-corrected chi connectivity index (χ2v) is 6.79. The first-order chi connectivity index (χ1) is 8.16. The summed E-state index contributed by atoms with van der Waals surface area (Å²) in [5.74, 6) is 3.55. The summed E-state index contributed by atoms with van der Waals surface area (Å²) in [6.45, 7) is 4.69. The van der Waals surface area contributed by atoms with E-state index in [1.54, 1.807) is 5.57 Å². The van der Waals surface area contributed by atoms with E-state index in [4.69, 9.17) is 0 Å². The Morgan fingerprint density at radius 3 is 2.82 bits per heavy atom. The summed E-state index contributed by atoms with van der Waals surface area (Å²) >= 11 is 0. The van der Waals surface area contributed by atoms with Crippen molar-refractivity contribution in [2.75, 3.05) is 0 Å². The molecule has 96 valence electrons. The minimum atomic E-state index is -0.0559. The topological polar surface area (TPSA) is 20.2 Å². The second-order valence-electron chi connectivity index (χ2n) is 6.79. The fourth-order valence-corrected chi connectivity index (χ4v) is 4.63. The van der Waals surface area contributed by atoms with Gasteiger partial charge in [-0.1, -0.05) is 25.5 Å². The molecule has 0 aromatic carbocycles. The highest BCUT2D eigenvalue weighted by atomic mass is 16.3. The zero-order valence-electron chi connectivity index (χ0n) is 11.2. The van der Waals surface area contributed by atoms with Crippen LogP contribution >= 0.6 is 0 Å². The molecule has 0 aromatic heterocycles. The lowest BCUT2D eigenvalue weighted by molar-refractivity contribution is 0.0524. The molecule has 1 heteroatoms. The molecule has 0 heterocycles. The molecule has 3 aliphatic carbocycles. The molecule has 0 spiro atoms. The third-order valence-corrected chi connectivity index (χ3v) is 5.86. The van der Waals surface area contributed by atoms with Crippen LogP contribution in [0, 0.1) is 29.6 Å². The number of fused-ring (bicyclic) bond motifs is 2. The molecule has 0 amide bonds. The van der Waals surface area contributed by atoms with E-state index in [0.717, 1.165) is 24.2 Å². The lowest BCUT2D eigenvalue weighted by Crippen LogP contribution is -2.32. The van der Waals surface area contributed by atoms with Crippen molar-refractivity contribution in [3.63, 3.8) is 0 Å². The van der Waals surface area contributed by atoms with Gasteiger partial charge in [-0.05, 0) is 68.1 Å². The van der Waals surface area contributed by atoms with E-state index in [2.05, 4.69) is 19.9 Å². The van der Waals surface area contributed by atoms with E-state index < -0.39 is 0 Å². The van der Waals surface area contributed by atoms with Gasteiger partial charge in [-0.3, -0.25) is 0 Å². The summed E-state index contributed by atoms with van der Waals surface area (Å²) in [5, 5.41) is 10.4. The summed E-state index contributed by atoms with van der Waals surface area (Å²) in [6.07, 6.45) is 10.3. The molecule has 3 rings (SSSR count). The molecular formula is C16H26O. The van der Waals surface area contributed by atoms with E-state index in [9.17, 15) is 5.11 Å². The molecular weight excluding hydrogens is 208 g/mol. The fraction of sp³-hybridized carbons (Fsp3) is 0.875. The molecule has 0 saturated heterocycles. The first-order valence-corrected chi connectivity index (χ1v) is 7.55. The summed E-state index contributed by atoms with van der Waals surface area (Å²) in [7, 11) is 0. The van der Waals surface area contributed by atoms with Gasteiger partial charge in [0.05, 0.1) is 6.10 Å². The van der Waals surface area contributed by atoms with Crippen molar-refractivity contribution < 1.29 is 5.11 Å². The van der Waals surface area contributed by atoms with Crippen LogP contribution in [0.4, 0.5) is 0 Å². The highest BCUT2D eigenvalue weighted by Gasteiger charge is 2.41. The van der Waals surface area contributed by atoms with E-state index in [1.807, 2.05) is 0 Å². The Kier molecular flexibility index (Phi) is 3.06. The van der Waals surface area contributed by atoms with Crippen molar-refractivity contribution in [3.05, 3.63) is 11.6 Å². The smallest absolute Gasteiger partial charge is 0.0574 e. The highest BCUT2D eigenvalue weighted by molar-refractivity contribution is 5.17. The molecule has 0 bridgehead atoms. The third-order valence-electron chi connectivity index (χ3n) is 5.86. The maximum absolute atomic E-state index is 10.4. The molecule has 1 unspecified atom stereocenters. The quantitative estimate of drug-likeness (QED) is 0.632. The molecule has 17 heavy (non-hydrogen) atoms. The normalized spacial score (nSPS) is 53.2. The standard InChI is InChI=1S/C16H26O/c1-10-6-7-14-11(2)16(17)9-13-5-3-4-12(13)8-15(10)14/h8,10-11,13-17H,3-7,9H2,1-2H3/b12-8-/t10-,11+,13+,14+,15+,16?/m1/s1. The van der Waals surface area contributed by atoms with Crippen molar-refractivity contribution in [1.29, 1.82) is 0 Å². The number of rotatable bonds is 0. The van der Waals surface area contributed by atoms with Crippen molar-refractivity contribution in [2.45, 2.75) is 58.5 Å². The van der Waals surface area contributed by atoms with E-state index in [-0.39, 0.29) is 6.10 Å². The number of aliphatic hydroxyl groups excluding tert-OH is 1. The Bertz CT molecular complexity index is 319. The molecule has 0 aromatic rings. The third kappa shape index (κ3) is 1.97. The minimum absolute atomic E-state index is 0.0559. The number of hydrogen-bond acceptors (Lipinski definition) is 1. The average molecular weight is 234 g/mol. The molecule has 0 radical (unpaired) electrons. The monoisotopic (exact) mass is 234 g/mol. The van der Waals surface area contributed by atoms with E-state index >= 15 is 0 Å². The number of hydrogen-bond donors (Lipinski definition) is 1. The molecule has 2 saturated carbocycles. The van der Waals surface area contributed by atoms with Crippen molar-refractivity contribution in [3.8, 4) is 0 Å². The summed E-state index contributed by atoms with van der Waals surface area (Å²) in [6, 6.07) is 0. The van der Waals surface area contributed by atoms with Crippen molar-refractivity contribution in [2.24, 2.45) is 29.6 Å². The van der Waals surface area contributed by atoms with Crippen LogP contribution in [-0.2, 0) is 0 Å². The van der Waals surface area contributed by atoms with Gasteiger partial charge in [0.2, 0.25) is 0 Å². The maximum atomic E-state index is 10.4. The lowest BCUT2D eigenvalue weighted by Gasteiger charge is -2.34. The predicted molar refractivity (Wildman–Crippen MR) is 70.6 cm³/mol. The molecule has 3 aliphatic rings. The Hall–Kier alpha value is -0.300. The van der Waals surface area contributed by atoms with E-state index in [1.165, 1.54) is 32.1 Å². The lowest BCUT2D eigenvalue weighted by atomic mass is 9.73. The second kappa shape index (κ2) is 4.42.